The number of nitrogens with zero attached hydrogens (tertiary/aromatic N) is 2. The van der Waals surface area contributed by atoms with E-state index in [4.69, 9.17) is 0 Å². The van der Waals surface area contributed by atoms with Crippen molar-refractivity contribution in [3.05, 3.63) is 18.6 Å². The highest BCUT2D eigenvalue weighted by atomic mass is 32.2. The summed E-state index contributed by atoms with van der Waals surface area (Å²) in [6.07, 6.45) is 4.71. The van der Waals surface area contributed by atoms with Crippen LogP contribution in [0.4, 0.5) is 5.82 Å². The molecule has 1 aromatic heterocycles. The summed E-state index contributed by atoms with van der Waals surface area (Å²) in [4.78, 5) is 7.04. The molecule has 11 heavy (non-hydrogen) atoms. The lowest BCUT2D eigenvalue weighted by Gasteiger charge is -1.98. The molecule has 0 atom stereocenters. The summed E-state index contributed by atoms with van der Waals surface area (Å²) in [6, 6.07) is 1.44. The average Bonchev–Trinajstić information content (AvgIpc) is 1.85. The van der Waals surface area contributed by atoms with Crippen molar-refractivity contribution in [2.24, 2.45) is 0 Å². The number of aromatic nitrogens is 2. The Hall–Kier alpha value is -1.17. The van der Waals surface area contributed by atoms with Crippen molar-refractivity contribution in [3.8, 4) is 0 Å². The molecule has 1 rings (SSSR count). The fourth-order valence-electron chi connectivity index (χ4n) is 0.508. The second kappa shape index (κ2) is 2.83. The predicted octanol–water partition coefficient (Wildman–Crippen LogP) is -0.352. The van der Waals surface area contributed by atoms with Crippen LogP contribution in [0.15, 0.2) is 12.3 Å². The van der Waals surface area contributed by atoms with E-state index in [0.717, 1.165) is 6.26 Å². The van der Waals surface area contributed by atoms with E-state index in [1.165, 1.54) is 12.3 Å². The second-order valence-electron chi connectivity index (χ2n) is 1.92. The molecule has 1 radical (unpaired) electrons. The first kappa shape index (κ1) is 7.93. The van der Waals surface area contributed by atoms with E-state index in [2.05, 4.69) is 21.0 Å². The van der Waals surface area contributed by atoms with Crippen molar-refractivity contribution in [1.29, 1.82) is 0 Å². The molecule has 0 fully saturated rings. The Labute approximate surface area is 64.5 Å². The maximum atomic E-state index is 10.6. The van der Waals surface area contributed by atoms with Gasteiger partial charge in [-0.2, -0.15) is 0 Å². The first-order valence-electron chi connectivity index (χ1n) is 2.75. The third-order valence-corrected chi connectivity index (χ3v) is 1.41. The number of anilines is 1. The molecule has 1 aromatic rings. The lowest BCUT2D eigenvalue weighted by atomic mass is 10.6. The largest absolute Gasteiger partial charge is 0.267 e. The van der Waals surface area contributed by atoms with Crippen LogP contribution in [0, 0.1) is 6.33 Å². The summed E-state index contributed by atoms with van der Waals surface area (Å²) in [5.41, 5.74) is 0. The van der Waals surface area contributed by atoms with Gasteiger partial charge in [-0.3, -0.25) is 4.72 Å². The summed E-state index contributed by atoms with van der Waals surface area (Å²) in [5, 5.41) is 0. The van der Waals surface area contributed by atoms with Crippen LogP contribution in [0.2, 0.25) is 0 Å². The Bertz CT molecular complexity index is 321. The molecule has 0 saturated heterocycles. The van der Waals surface area contributed by atoms with Gasteiger partial charge in [0.1, 0.15) is 5.82 Å². The monoisotopic (exact) mass is 172 g/mol. The summed E-state index contributed by atoms with van der Waals surface area (Å²) < 4.78 is 23.4. The fourth-order valence-corrected chi connectivity index (χ4v) is 1.00. The molecular weight excluding hydrogens is 166 g/mol. The molecule has 0 spiro atoms. The highest BCUT2D eigenvalue weighted by Gasteiger charge is 2.00. The van der Waals surface area contributed by atoms with E-state index in [1.807, 2.05) is 0 Å². The minimum absolute atomic E-state index is 0.225. The quantitative estimate of drug-likeness (QED) is 0.661. The molecule has 0 aliphatic rings. The number of hydrogen-bond donors (Lipinski definition) is 1. The molecule has 5 nitrogen and oxygen atoms in total. The zero-order valence-corrected chi connectivity index (χ0v) is 6.59. The number of rotatable bonds is 2. The van der Waals surface area contributed by atoms with Gasteiger partial charge in [0.05, 0.1) is 6.26 Å². The molecule has 0 aliphatic heterocycles. The van der Waals surface area contributed by atoms with Crippen LogP contribution in [0.5, 0.6) is 0 Å². The Morgan fingerprint density at radius 3 is 2.82 bits per heavy atom. The van der Waals surface area contributed by atoms with Crippen LogP contribution in [-0.4, -0.2) is 24.6 Å². The van der Waals surface area contributed by atoms with Crippen LogP contribution in [-0.2, 0) is 10.0 Å². The van der Waals surface area contributed by atoms with Crippen molar-refractivity contribution in [1.82, 2.24) is 9.97 Å². The molecule has 0 aliphatic carbocycles. The van der Waals surface area contributed by atoms with Gasteiger partial charge >= 0.3 is 0 Å². The highest BCUT2D eigenvalue weighted by Crippen LogP contribution is 1.99. The summed E-state index contributed by atoms with van der Waals surface area (Å²) in [7, 11) is -3.24. The van der Waals surface area contributed by atoms with E-state index in [-0.39, 0.29) is 5.82 Å². The van der Waals surface area contributed by atoms with Crippen LogP contribution in [0.3, 0.4) is 0 Å². The molecule has 0 amide bonds. The Balaban J connectivity index is 2.82. The smallest absolute Gasteiger partial charge is 0.230 e. The first-order chi connectivity index (χ1) is 5.08. The van der Waals surface area contributed by atoms with Crippen LogP contribution < -0.4 is 4.72 Å². The Morgan fingerprint density at radius 1 is 1.64 bits per heavy atom. The van der Waals surface area contributed by atoms with Crippen LogP contribution >= 0.6 is 0 Å². The number of hydrogen-bond acceptors (Lipinski definition) is 4. The van der Waals surface area contributed by atoms with Gasteiger partial charge in [-0.1, -0.05) is 0 Å². The van der Waals surface area contributed by atoms with Crippen molar-refractivity contribution >= 4 is 15.8 Å². The fraction of sp³-hybridized carbons (Fsp3) is 0.200. The minimum Gasteiger partial charge on any atom is -0.267 e. The molecular formula is C5H6N3O2S. The van der Waals surface area contributed by atoms with Crippen LogP contribution in [0.25, 0.3) is 0 Å². The van der Waals surface area contributed by atoms with Gasteiger partial charge in [0.25, 0.3) is 0 Å². The summed E-state index contributed by atoms with van der Waals surface area (Å²) >= 11 is 0. The van der Waals surface area contributed by atoms with E-state index in [0.29, 0.717) is 0 Å². The molecule has 0 aromatic carbocycles. The van der Waals surface area contributed by atoms with Crippen LogP contribution in [0.1, 0.15) is 0 Å². The standard InChI is InChI=1S/C5H6N3O2S/c1-11(9,10)8-5-2-3-6-4-7-5/h2-3H,1H3,(H,6,7,8). The molecule has 6 heteroatoms. The van der Waals surface area contributed by atoms with Gasteiger partial charge in [-0.25, -0.2) is 18.4 Å². The molecule has 1 heterocycles. The third kappa shape index (κ3) is 2.94. The summed E-state index contributed by atoms with van der Waals surface area (Å²) in [5.74, 6) is 0.225. The van der Waals surface area contributed by atoms with Gasteiger partial charge in [0, 0.05) is 6.20 Å². The maximum absolute atomic E-state index is 10.6. The van der Waals surface area contributed by atoms with Crippen molar-refractivity contribution in [2.75, 3.05) is 11.0 Å². The summed E-state index contributed by atoms with van der Waals surface area (Å²) in [6.45, 7) is 0. The molecule has 0 unspecified atom stereocenters. The number of sulfonamides is 1. The topological polar surface area (TPSA) is 72.0 Å². The average molecular weight is 172 g/mol. The predicted molar refractivity (Wildman–Crippen MR) is 39.3 cm³/mol. The Morgan fingerprint density at radius 2 is 2.36 bits per heavy atom. The zero-order valence-electron chi connectivity index (χ0n) is 5.77. The van der Waals surface area contributed by atoms with Gasteiger partial charge in [0.2, 0.25) is 10.0 Å². The van der Waals surface area contributed by atoms with Gasteiger partial charge in [0.15, 0.2) is 6.33 Å². The van der Waals surface area contributed by atoms with E-state index in [9.17, 15) is 8.42 Å². The van der Waals surface area contributed by atoms with Crippen molar-refractivity contribution in [2.45, 2.75) is 0 Å². The lowest BCUT2D eigenvalue weighted by molar-refractivity contribution is 0.606. The van der Waals surface area contributed by atoms with Gasteiger partial charge in [-0.05, 0) is 6.07 Å². The Kier molecular flexibility index (Phi) is 2.04. The van der Waals surface area contributed by atoms with Gasteiger partial charge < -0.3 is 0 Å². The third-order valence-electron chi connectivity index (χ3n) is 0.825. The minimum atomic E-state index is -3.24. The molecule has 0 saturated carbocycles. The van der Waals surface area contributed by atoms with Gasteiger partial charge in [-0.15, -0.1) is 0 Å². The SMILES string of the molecule is CS(=O)(=O)Nc1ccn[c]n1. The first-order valence-corrected chi connectivity index (χ1v) is 4.64. The lowest BCUT2D eigenvalue weighted by Crippen LogP contribution is -2.10. The molecule has 0 bridgehead atoms. The second-order valence-corrected chi connectivity index (χ2v) is 3.66. The maximum Gasteiger partial charge on any atom is 0.230 e. The van der Waals surface area contributed by atoms with E-state index in [1.54, 1.807) is 0 Å². The number of nitrogens with one attached hydrogen (secondary N) is 1. The molecule has 1 N–H and O–H groups in total. The normalized spacial score (nSPS) is 11.0. The molecule has 59 valence electrons. The van der Waals surface area contributed by atoms with E-state index >= 15 is 0 Å². The van der Waals surface area contributed by atoms with Crippen molar-refractivity contribution < 1.29 is 8.42 Å². The highest BCUT2D eigenvalue weighted by molar-refractivity contribution is 7.92. The van der Waals surface area contributed by atoms with Crippen molar-refractivity contribution in [3.63, 3.8) is 0 Å². The zero-order chi connectivity index (χ0) is 8.32. The van der Waals surface area contributed by atoms with E-state index < -0.39 is 10.0 Å².